The average molecular weight is 326 g/mol. The summed E-state index contributed by atoms with van der Waals surface area (Å²) >= 11 is 5.87. The van der Waals surface area contributed by atoms with Gasteiger partial charge in [-0.05, 0) is 36.8 Å². The molecule has 5 nitrogen and oxygen atoms in total. The molecule has 0 fully saturated rings. The lowest BCUT2D eigenvalue weighted by Gasteiger charge is -2.11. The first-order chi connectivity index (χ1) is 9.90. The Kier molecular flexibility index (Phi) is 4.82. The van der Waals surface area contributed by atoms with Gasteiger partial charge in [-0.25, -0.2) is 13.1 Å². The number of aromatic nitrogens is 1. The number of rotatable bonds is 5. The Morgan fingerprint density at radius 3 is 2.76 bits per heavy atom. The van der Waals surface area contributed by atoms with E-state index >= 15 is 0 Å². The van der Waals surface area contributed by atoms with Crippen LogP contribution in [0, 0.1) is 6.92 Å². The van der Waals surface area contributed by atoms with Gasteiger partial charge < -0.3 is 5.73 Å². The Morgan fingerprint density at radius 1 is 1.33 bits per heavy atom. The molecule has 1 aromatic heterocycles. The average Bonchev–Trinajstić information content (AvgIpc) is 2.43. The second kappa shape index (κ2) is 6.43. The van der Waals surface area contributed by atoms with E-state index in [1.165, 1.54) is 6.07 Å². The summed E-state index contributed by atoms with van der Waals surface area (Å²) in [7, 11) is -3.62. The van der Waals surface area contributed by atoms with E-state index in [0.717, 1.165) is 5.69 Å². The van der Waals surface area contributed by atoms with Crippen molar-refractivity contribution in [2.45, 2.75) is 18.2 Å². The second-order valence-corrected chi connectivity index (χ2v) is 6.75. The second-order valence-electron chi connectivity index (χ2n) is 4.61. The molecule has 1 heterocycles. The van der Waals surface area contributed by atoms with E-state index in [0.29, 0.717) is 17.0 Å². The number of pyridine rings is 1. The Labute approximate surface area is 129 Å². The van der Waals surface area contributed by atoms with Gasteiger partial charge >= 0.3 is 0 Å². The molecule has 21 heavy (non-hydrogen) atoms. The lowest BCUT2D eigenvalue weighted by atomic mass is 10.2. The highest BCUT2D eigenvalue weighted by atomic mass is 35.5. The molecule has 0 saturated carbocycles. The van der Waals surface area contributed by atoms with Crippen LogP contribution in [0.1, 0.15) is 11.3 Å². The Bertz CT molecular complexity index is 733. The van der Waals surface area contributed by atoms with Crippen LogP contribution in [0.3, 0.4) is 0 Å². The Hall–Kier alpha value is -1.63. The molecule has 0 bridgehead atoms. The molecule has 0 aliphatic heterocycles. The van der Waals surface area contributed by atoms with E-state index in [1.807, 2.05) is 18.2 Å². The summed E-state index contributed by atoms with van der Waals surface area (Å²) in [5, 5.41) is 0.347. The summed E-state index contributed by atoms with van der Waals surface area (Å²) in [5.74, 6) is 0. The summed E-state index contributed by atoms with van der Waals surface area (Å²) in [6.45, 7) is 1.94. The Morgan fingerprint density at radius 2 is 2.10 bits per heavy atom. The molecular formula is C14H16ClN3O2S. The van der Waals surface area contributed by atoms with Gasteiger partial charge in [0.15, 0.2) is 0 Å². The molecular weight excluding hydrogens is 310 g/mol. The van der Waals surface area contributed by atoms with Gasteiger partial charge in [-0.15, -0.1) is 0 Å². The molecule has 0 amide bonds. The van der Waals surface area contributed by atoms with Crippen LogP contribution >= 0.6 is 11.6 Å². The third kappa shape index (κ3) is 3.93. The molecule has 0 spiro atoms. The van der Waals surface area contributed by atoms with Gasteiger partial charge in [0, 0.05) is 24.9 Å². The molecule has 2 aromatic rings. The van der Waals surface area contributed by atoms with E-state index < -0.39 is 10.0 Å². The SMILES string of the molecule is Cc1cc(Cl)c(N)cc1S(=O)(=O)NCCc1ccccn1. The smallest absolute Gasteiger partial charge is 0.240 e. The fourth-order valence-corrected chi connectivity index (χ4v) is 3.40. The quantitative estimate of drug-likeness (QED) is 0.825. The van der Waals surface area contributed by atoms with E-state index in [1.54, 1.807) is 19.2 Å². The van der Waals surface area contributed by atoms with Gasteiger partial charge in [-0.1, -0.05) is 17.7 Å². The minimum absolute atomic E-state index is 0.144. The minimum atomic E-state index is -3.62. The molecule has 0 atom stereocenters. The summed E-state index contributed by atoms with van der Waals surface area (Å²) in [5.41, 5.74) is 7.30. The first-order valence-electron chi connectivity index (χ1n) is 6.35. The van der Waals surface area contributed by atoms with Crippen LogP contribution in [0.5, 0.6) is 0 Å². The summed E-state index contributed by atoms with van der Waals surface area (Å²) < 4.78 is 27.1. The fraction of sp³-hybridized carbons (Fsp3) is 0.214. The summed E-state index contributed by atoms with van der Waals surface area (Å²) in [4.78, 5) is 4.29. The molecule has 0 saturated heterocycles. The lowest BCUT2D eigenvalue weighted by Crippen LogP contribution is -2.27. The maximum Gasteiger partial charge on any atom is 0.240 e. The van der Waals surface area contributed by atoms with Crippen LogP contribution < -0.4 is 10.5 Å². The number of hydrogen-bond donors (Lipinski definition) is 2. The van der Waals surface area contributed by atoms with Crippen LogP contribution in [-0.2, 0) is 16.4 Å². The third-order valence-electron chi connectivity index (χ3n) is 2.98. The van der Waals surface area contributed by atoms with Gasteiger partial charge in [0.05, 0.1) is 15.6 Å². The number of nitrogens with one attached hydrogen (secondary N) is 1. The number of nitrogen functional groups attached to an aromatic ring is 1. The number of halogens is 1. The van der Waals surface area contributed by atoms with E-state index in [4.69, 9.17) is 17.3 Å². The predicted molar refractivity (Wildman–Crippen MR) is 83.7 cm³/mol. The van der Waals surface area contributed by atoms with Crippen LogP contribution in [0.4, 0.5) is 5.69 Å². The molecule has 7 heteroatoms. The number of hydrogen-bond acceptors (Lipinski definition) is 4. The van der Waals surface area contributed by atoms with Gasteiger partial charge in [0.25, 0.3) is 0 Å². The minimum Gasteiger partial charge on any atom is -0.397 e. The number of nitrogens with two attached hydrogens (primary N) is 1. The zero-order valence-corrected chi connectivity index (χ0v) is 13.1. The first kappa shape index (κ1) is 15.8. The van der Waals surface area contributed by atoms with Gasteiger partial charge in [0.2, 0.25) is 10.0 Å². The lowest BCUT2D eigenvalue weighted by molar-refractivity contribution is 0.580. The van der Waals surface area contributed by atoms with E-state index in [-0.39, 0.29) is 17.1 Å². The van der Waals surface area contributed by atoms with Gasteiger partial charge in [0.1, 0.15) is 0 Å². The molecule has 0 aliphatic rings. The van der Waals surface area contributed by atoms with Crippen molar-refractivity contribution in [1.29, 1.82) is 0 Å². The highest BCUT2D eigenvalue weighted by molar-refractivity contribution is 7.89. The van der Waals surface area contributed by atoms with Crippen molar-refractivity contribution in [2.24, 2.45) is 0 Å². The van der Waals surface area contributed by atoms with Crippen LogP contribution in [-0.4, -0.2) is 19.9 Å². The van der Waals surface area contributed by atoms with E-state index in [9.17, 15) is 8.42 Å². The van der Waals surface area contributed by atoms with Crippen molar-refractivity contribution < 1.29 is 8.42 Å². The summed E-state index contributed by atoms with van der Waals surface area (Å²) in [6.07, 6.45) is 2.19. The maximum absolute atomic E-state index is 12.3. The number of anilines is 1. The highest BCUT2D eigenvalue weighted by Gasteiger charge is 2.18. The molecule has 112 valence electrons. The fourth-order valence-electron chi connectivity index (χ4n) is 1.90. The zero-order chi connectivity index (χ0) is 15.5. The van der Waals surface area contributed by atoms with Gasteiger partial charge in [-0.2, -0.15) is 0 Å². The van der Waals surface area contributed by atoms with Crippen molar-refractivity contribution >= 4 is 27.3 Å². The number of sulfonamides is 1. The molecule has 1 aromatic carbocycles. The normalized spacial score (nSPS) is 11.5. The number of benzene rings is 1. The predicted octanol–water partition coefficient (Wildman–Crippen LogP) is 2.15. The largest absolute Gasteiger partial charge is 0.397 e. The van der Waals surface area contributed by atoms with Crippen LogP contribution in [0.2, 0.25) is 5.02 Å². The number of nitrogens with zero attached hydrogens (tertiary/aromatic N) is 1. The van der Waals surface area contributed by atoms with Gasteiger partial charge in [-0.3, -0.25) is 4.98 Å². The molecule has 0 radical (unpaired) electrons. The maximum atomic E-state index is 12.3. The van der Waals surface area contributed by atoms with Crippen molar-refractivity contribution in [2.75, 3.05) is 12.3 Å². The molecule has 2 rings (SSSR count). The molecule has 0 unspecified atom stereocenters. The van der Waals surface area contributed by atoms with E-state index in [2.05, 4.69) is 9.71 Å². The van der Waals surface area contributed by atoms with Crippen molar-refractivity contribution in [1.82, 2.24) is 9.71 Å². The molecule has 0 aliphatic carbocycles. The van der Waals surface area contributed by atoms with Crippen LogP contribution in [0.15, 0.2) is 41.4 Å². The van der Waals surface area contributed by atoms with Crippen molar-refractivity contribution in [3.05, 3.63) is 52.8 Å². The number of aryl methyl sites for hydroxylation is 1. The summed E-state index contributed by atoms with van der Waals surface area (Å²) in [6, 6.07) is 8.44. The highest BCUT2D eigenvalue weighted by Crippen LogP contribution is 2.25. The monoisotopic (exact) mass is 325 g/mol. The first-order valence-corrected chi connectivity index (χ1v) is 8.21. The standard InChI is InChI=1S/C14H16ClN3O2S/c1-10-8-12(15)13(16)9-14(10)21(19,20)18-7-5-11-4-2-3-6-17-11/h2-4,6,8-9,18H,5,7,16H2,1H3. The zero-order valence-electron chi connectivity index (χ0n) is 11.5. The topological polar surface area (TPSA) is 85.1 Å². The van der Waals surface area contributed by atoms with Crippen molar-refractivity contribution in [3.8, 4) is 0 Å². The van der Waals surface area contributed by atoms with Crippen LogP contribution in [0.25, 0.3) is 0 Å². The Balaban J connectivity index is 2.10. The molecule has 3 N–H and O–H groups in total. The van der Waals surface area contributed by atoms with Crippen molar-refractivity contribution in [3.63, 3.8) is 0 Å². The third-order valence-corrected chi connectivity index (χ3v) is 4.91.